The second kappa shape index (κ2) is 6.01. The second-order valence-electron chi connectivity index (χ2n) is 5.19. The Hall–Kier alpha value is -2.01. The van der Waals surface area contributed by atoms with Crippen LogP contribution >= 0.6 is 11.8 Å². The molecule has 22 heavy (non-hydrogen) atoms. The number of carbonyl (C=O) groups excluding carboxylic acids is 2. The summed E-state index contributed by atoms with van der Waals surface area (Å²) < 4.78 is 6.79. The Kier molecular flexibility index (Phi) is 4.07. The maximum absolute atomic E-state index is 12.8. The smallest absolute Gasteiger partial charge is 0.314 e. The van der Waals surface area contributed by atoms with Crippen LogP contribution in [0.3, 0.4) is 0 Å². The molecule has 4 nitrogen and oxygen atoms in total. The minimum absolute atomic E-state index is 0.00159. The van der Waals surface area contributed by atoms with E-state index in [4.69, 9.17) is 4.74 Å². The molecule has 0 amide bonds. The van der Waals surface area contributed by atoms with Crippen molar-refractivity contribution in [1.82, 2.24) is 4.57 Å². The highest BCUT2D eigenvalue weighted by atomic mass is 32.2. The minimum atomic E-state index is -0.262. The van der Waals surface area contributed by atoms with Crippen molar-refractivity contribution in [2.75, 3.05) is 13.4 Å². The monoisotopic (exact) mass is 315 g/mol. The lowest BCUT2D eigenvalue weighted by molar-refractivity contribution is -0.142. The van der Waals surface area contributed by atoms with Crippen LogP contribution in [0.2, 0.25) is 0 Å². The number of methoxy groups -OCH3 is 1. The Morgan fingerprint density at radius 1 is 1.23 bits per heavy atom. The molecule has 1 aliphatic rings. The number of rotatable bonds is 4. The molecule has 0 radical (unpaired) electrons. The van der Waals surface area contributed by atoms with E-state index in [2.05, 4.69) is 0 Å². The van der Waals surface area contributed by atoms with Gasteiger partial charge < -0.3 is 9.30 Å². The Bertz CT molecular complexity index is 735. The lowest BCUT2D eigenvalue weighted by Gasteiger charge is -2.09. The van der Waals surface area contributed by atoms with Gasteiger partial charge in [-0.25, -0.2) is 0 Å². The van der Waals surface area contributed by atoms with E-state index in [1.807, 2.05) is 47.2 Å². The van der Waals surface area contributed by atoms with E-state index >= 15 is 0 Å². The van der Waals surface area contributed by atoms with Gasteiger partial charge in [0.05, 0.1) is 18.7 Å². The zero-order valence-corrected chi connectivity index (χ0v) is 13.4. The molecule has 1 aromatic heterocycles. The average molecular weight is 315 g/mol. The van der Waals surface area contributed by atoms with Crippen molar-refractivity contribution in [3.63, 3.8) is 0 Å². The van der Waals surface area contributed by atoms with Crippen molar-refractivity contribution in [3.05, 3.63) is 53.3 Å². The van der Waals surface area contributed by atoms with Crippen LogP contribution in [-0.4, -0.2) is 29.7 Å². The highest BCUT2D eigenvalue weighted by Crippen LogP contribution is 2.33. The summed E-state index contributed by atoms with van der Waals surface area (Å²) in [5.74, 6) is -0.496. The fraction of sp³-hybridized carbons (Fsp3) is 0.294. The molecule has 0 N–H and O–H groups in total. The van der Waals surface area contributed by atoms with Gasteiger partial charge in [-0.3, -0.25) is 9.59 Å². The largest absolute Gasteiger partial charge is 0.469 e. The Balaban J connectivity index is 1.98. The number of aromatic nitrogens is 1. The molecule has 3 rings (SSSR count). The standard InChI is InChI=1S/C17H17NO3S/c1-21-17(20)11-9-10-18-13(11)7-8-14(18)16(19)12-5-3-4-6-15(12)22-2/h3-8,11H,9-10H2,1-2H3. The van der Waals surface area contributed by atoms with E-state index in [1.165, 1.54) is 7.11 Å². The van der Waals surface area contributed by atoms with Gasteiger partial charge in [0.1, 0.15) is 0 Å². The van der Waals surface area contributed by atoms with Gasteiger partial charge in [0.15, 0.2) is 0 Å². The van der Waals surface area contributed by atoms with Gasteiger partial charge in [0.2, 0.25) is 5.78 Å². The number of hydrogen-bond donors (Lipinski definition) is 0. The lowest BCUT2D eigenvalue weighted by atomic mass is 10.1. The van der Waals surface area contributed by atoms with E-state index in [0.717, 1.165) is 10.6 Å². The van der Waals surface area contributed by atoms with Gasteiger partial charge in [0.25, 0.3) is 0 Å². The Morgan fingerprint density at radius 3 is 2.73 bits per heavy atom. The predicted molar refractivity (Wildman–Crippen MR) is 85.5 cm³/mol. The summed E-state index contributed by atoms with van der Waals surface area (Å²) in [4.78, 5) is 25.6. The summed E-state index contributed by atoms with van der Waals surface area (Å²) in [5.41, 5.74) is 2.22. The zero-order valence-electron chi connectivity index (χ0n) is 12.5. The number of hydrogen-bond acceptors (Lipinski definition) is 4. The summed E-state index contributed by atoms with van der Waals surface area (Å²) in [6.07, 6.45) is 2.65. The van der Waals surface area contributed by atoms with Crippen LogP contribution in [0.15, 0.2) is 41.3 Å². The third-order valence-corrected chi connectivity index (χ3v) is 4.88. The average Bonchev–Trinajstić information content (AvgIpc) is 3.15. The number of carbonyl (C=O) groups is 2. The first-order valence-corrected chi connectivity index (χ1v) is 8.34. The van der Waals surface area contributed by atoms with Crippen LogP contribution in [0, 0.1) is 0 Å². The Morgan fingerprint density at radius 2 is 2.00 bits per heavy atom. The molecule has 2 heterocycles. The molecule has 0 bridgehead atoms. The molecule has 0 aliphatic carbocycles. The van der Waals surface area contributed by atoms with Crippen molar-refractivity contribution in [3.8, 4) is 0 Å². The van der Waals surface area contributed by atoms with Crippen LogP contribution in [0.1, 0.15) is 34.1 Å². The van der Waals surface area contributed by atoms with Crippen molar-refractivity contribution in [2.24, 2.45) is 0 Å². The van der Waals surface area contributed by atoms with Crippen LogP contribution in [0.25, 0.3) is 0 Å². The lowest BCUT2D eigenvalue weighted by Crippen LogP contribution is -2.12. The maximum atomic E-state index is 12.8. The molecule has 1 aliphatic heterocycles. The number of fused-ring (bicyclic) bond motifs is 1. The molecule has 0 saturated heterocycles. The third kappa shape index (κ3) is 2.35. The van der Waals surface area contributed by atoms with Gasteiger partial charge in [-0.1, -0.05) is 12.1 Å². The molecule has 5 heteroatoms. The molecular formula is C17H17NO3S. The van der Waals surface area contributed by atoms with Crippen LogP contribution in [0.4, 0.5) is 0 Å². The van der Waals surface area contributed by atoms with Crippen molar-refractivity contribution in [2.45, 2.75) is 23.8 Å². The first-order valence-electron chi connectivity index (χ1n) is 7.12. The van der Waals surface area contributed by atoms with Gasteiger partial charge in [0, 0.05) is 22.7 Å². The van der Waals surface area contributed by atoms with Gasteiger partial charge in [-0.15, -0.1) is 11.8 Å². The molecule has 0 saturated carbocycles. The molecule has 1 atom stereocenters. The van der Waals surface area contributed by atoms with Crippen LogP contribution in [-0.2, 0) is 16.1 Å². The maximum Gasteiger partial charge on any atom is 0.314 e. The Labute approximate surface area is 133 Å². The van der Waals surface area contributed by atoms with Crippen molar-refractivity contribution >= 4 is 23.5 Å². The van der Waals surface area contributed by atoms with Crippen LogP contribution in [0.5, 0.6) is 0 Å². The highest BCUT2D eigenvalue weighted by Gasteiger charge is 2.32. The molecule has 2 aromatic rings. The number of thioether (sulfide) groups is 1. The number of ketones is 1. The quantitative estimate of drug-likeness (QED) is 0.494. The number of esters is 1. The summed E-state index contributed by atoms with van der Waals surface area (Å²) in [7, 11) is 1.40. The van der Waals surface area contributed by atoms with Gasteiger partial charge in [-0.05, 0) is 36.9 Å². The highest BCUT2D eigenvalue weighted by molar-refractivity contribution is 7.98. The fourth-order valence-corrected chi connectivity index (χ4v) is 3.59. The molecule has 1 unspecified atom stereocenters. The van der Waals surface area contributed by atoms with E-state index in [1.54, 1.807) is 11.8 Å². The van der Waals surface area contributed by atoms with E-state index in [0.29, 0.717) is 24.2 Å². The minimum Gasteiger partial charge on any atom is -0.469 e. The molecule has 1 aromatic carbocycles. The van der Waals surface area contributed by atoms with Crippen LogP contribution < -0.4 is 0 Å². The second-order valence-corrected chi connectivity index (χ2v) is 6.04. The van der Waals surface area contributed by atoms with E-state index in [9.17, 15) is 9.59 Å². The summed E-state index contributed by atoms with van der Waals surface area (Å²) >= 11 is 1.56. The summed E-state index contributed by atoms with van der Waals surface area (Å²) in [5, 5.41) is 0. The van der Waals surface area contributed by atoms with Crippen molar-refractivity contribution in [1.29, 1.82) is 0 Å². The van der Waals surface area contributed by atoms with E-state index < -0.39 is 0 Å². The third-order valence-electron chi connectivity index (χ3n) is 4.08. The number of ether oxygens (including phenoxy) is 1. The number of nitrogens with zero attached hydrogens (tertiary/aromatic N) is 1. The molecule has 114 valence electrons. The summed E-state index contributed by atoms with van der Waals surface area (Å²) in [6.45, 7) is 0.671. The SMILES string of the molecule is COC(=O)C1CCn2c(C(=O)c3ccccc3SC)ccc21. The zero-order chi connectivity index (χ0) is 15.7. The summed E-state index contributed by atoms with van der Waals surface area (Å²) in [6, 6.07) is 11.3. The molecule has 0 spiro atoms. The van der Waals surface area contributed by atoms with Gasteiger partial charge >= 0.3 is 5.97 Å². The van der Waals surface area contributed by atoms with E-state index in [-0.39, 0.29) is 17.7 Å². The topological polar surface area (TPSA) is 48.3 Å². The first-order chi connectivity index (χ1) is 10.7. The fourth-order valence-electron chi connectivity index (χ4n) is 2.99. The molecular weight excluding hydrogens is 298 g/mol. The molecule has 0 fully saturated rings. The number of benzene rings is 1. The normalized spacial score (nSPS) is 16.4. The van der Waals surface area contributed by atoms with Gasteiger partial charge in [-0.2, -0.15) is 0 Å². The first kappa shape index (κ1) is 14.9. The van der Waals surface area contributed by atoms with Crippen molar-refractivity contribution < 1.29 is 14.3 Å². The predicted octanol–water partition coefficient (Wildman–Crippen LogP) is 3.10.